The smallest absolute Gasteiger partial charge is 0.0424 e. The largest absolute Gasteiger partial charge is 0.323 e. The standard InChI is InChI=1S/C17H29N3/c1-5-20-9-8-19(11-15(20)4)12-17(18)16-7-6-13(2)14(3)10-16/h6-7,10,15,17H,5,8-9,11-12,18H2,1-4H3. The Morgan fingerprint density at radius 3 is 2.60 bits per heavy atom. The van der Waals surface area contributed by atoms with Crippen LogP contribution in [0.3, 0.4) is 0 Å². The van der Waals surface area contributed by atoms with E-state index in [9.17, 15) is 0 Å². The van der Waals surface area contributed by atoms with Gasteiger partial charge >= 0.3 is 0 Å². The predicted molar refractivity (Wildman–Crippen MR) is 86.0 cm³/mol. The molecule has 0 aromatic heterocycles. The minimum atomic E-state index is 0.120. The van der Waals surface area contributed by atoms with Gasteiger partial charge < -0.3 is 5.73 Å². The fourth-order valence-electron chi connectivity index (χ4n) is 3.09. The van der Waals surface area contributed by atoms with E-state index in [1.165, 1.54) is 16.7 Å². The second-order valence-corrected chi connectivity index (χ2v) is 6.19. The van der Waals surface area contributed by atoms with E-state index in [4.69, 9.17) is 5.73 Å². The SMILES string of the molecule is CCN1CCN(CC(N)c2ccc(C)c(C)c2)CC1C. The van der Waals surface area contributed by atoms with E-state index in [0.717, 1.165) is 32.7 Å². The van der Waals surface area contributed by atoms with Crippen LogP contribution < -0.4 is 5.73 Å². The van der Waals surface area contributed by atoms with Gasteiger partial charge in [-0.3, -0.25) is 9.80 Å². The summed E-state index contributed by atoms with van der Waals surface area (Å²) in [6.45, 7) is 14.4. The molecule has 20 heavy (non-hydrogen) atoms. The average molecular weight is 275 g/mol. The molecule has 1 saturated heterocycles. The molecule has 2 atom stereocenters. The van der Waals surface area contributed by atoms with Crippen molar-refractivity contribution in [2.45, 2.75) is 39.8 Å². The Kier molecular flexibility index (Phi) is 5.19. The summed E-state index contributed by atoms with van der Waals surface area (Å²) in [5.41, 5.74) is 10.3. The first kappa shape index (κ1) is 15.5. The normalized spacial score (nSPS) is 22.9. The van der Waals surface area contributed by atoms with Gasteiger partial charge in [-0.05, 0) is 44.0 Å². The molecule has 1 aromatic carbocycles. The maximum Gasteiger partial charge on any atom is 0.0424 e. The summed E-state index contributed by atoms with van der Waals surface area (Å²) in [7, 11) is 0. The molecule has 1 aliphatic heterocycles. The van der Waals surface area contributed by atoms with E-state index in [0.29, 0.717) is 6.04 Å². The zero-order valence-corrected chi connectivity index (χ0v) is 13.4. The Bertz CT molecular complexity index is 444. The third kappa shape index (κ3) is 3.60. The summed E-state index contributed by atoms with van der Waals surface area (Å²) in [5.74, 6) is 0. The van der Waals surface area contributed by atoms with E-state index >= 15 is 0 Å². The highest BCUT2D eigenvalue weighted by Crippen LogP contribution is 2.18. The molecule has 0 aliphatic carbocycles. The van der Waals surface area contributed by atoms with Crippen LogP contribution in [0.4, 0.5) is 0 Å². The third-order valence-electron chi connectivity index (χ3n) is 4.67. The molecule has 1 fully saturated rings. The predicted octanol–water partition coefficient (Wildman–Crippen LogP) is 2.33. The molecule has 1 aliphatic rings. The topological polar surface area (TPSA) is 32.5 Å². The van der Waals surface area contributed by atoms with Gasteiger partial charge in [0.15, 0.2) is 0 Å². The van der Waals surface area contributed by atoms with Gasteiger partial charge in [-0.15, -0.1) is 0 Å². The lowest BCUT2D eigenvalue weighted by Gasteiger charge is -2.40. The van der Waals surface area contributed by atoms with E-state index < -0.39 is 0 Å². The summed E-state index contributed by atoms with van der Waals surface area (Å²) in [6, 6.07) is 7.36. The van der Waals surface area contributed by atoms with Crippen LogP contribution in [0, 0.1) is 13.8 Å². The third-order valence-corrected chi connectivity index (χ3v) is 4.67. The van der Waals surface area contributed by atoms with E-state index in [1.54, 1.807) is 0 Å². The summed E-state index contributed by atoms with van der Waals surface area (Å²) in [5, 5.41) is 0. The first-order valence-corrected chi connectivity index (χ1v) is 7.80. The van der Waals surface area contributed by atoms with E-state index in [1.807, 2.05) is 0 Å². The highest BCUT2D eigenvalue weighted by molar-refractivity contribution is 5.31. The molecule has 3 nitrogen and oxygen atoms in total. The minimum Gasteiger partial charge on any atom is -0.323 e. The van der Waals surface area contributed by atoms with Crippen LogP contribution in [-0.4, -0.2) is 48.6 Å². The van der Waals surface area contributed by atoms with Crippen LogP contribution in [0.5, 0.6) is 0 Å². The van der Waals surface area contributed by atoms with E-state index in [2.05, 4.69) is 55.7 Å². The number of nitrogens with zero attached hydrogens (tertiary/aromatic N) is 2. The van der Waals surface area contributed by atoms with Gasteiger partial charge in [-0.2, -0.15) is 0 Å². The van der Waals surface area contributed by atoms with Crippen LogP contribution in [0.1, 0.15) is 36.6 Å². The first-order valence-electron chi connectivity index (χ1n) is 7.80. The molecular formula is C17H29N3. The number of rotatable bonds is 4. The maximum atomic E-state index is 6.40. The number of likely N-dealkylation sites (N-methyl/N-ethyl adjacent to an activating group) is 1. The summed E-state index contributed by atoms with van der Waals surface area (Å²) in [6.07, 6.45) is 0. The van der Waals surface area contributed by atoms with Crippen molar-refractivity contribution in [1.82, 2.24) is 9.80 Å². The van der Waals surface area contributed by atoms with Gasteiger partial charge in [0.2, 0.25) is 0 Å². The lowest BCUT2D eigenvalue weighted by atomic mass is 10.0. The molecular weight excluding hydrogens is 246 g/mol. The lowest BCUT2D eigenvalue weighted by molar-refractivity contribution is 0.0841. The molecule has 112 valence electrons. The molecule has 0 amide bonds. The highest BCUT2D eigenvalue weighted by atomic mass is 15.3. The van der Waals surface area contributed by atoms with Gasteiger partial charge in [-0.1, -0.05) is 25.1 Å². The van der Waals surface area contributed by atoms with Crippen molar-refractivity contribution in [2.24, 2.45) is 5.73 Å². The average Bonchev–Trinajstić information content (AvgIpc) is 2.42. The fourth-order valence-corrected chi connectivity index (χ4v) is 3.09. The van der Waals surface area contributed by atoms with Gasteiger partial charge in [-0.25, -0.2) is 0 Å². The molecule has 1 aromatic rings. The quantitative estimate of drug-likeness (QED) is 0.915. The van der Waals surface area contributed by atoms with Crippen LogP contribution in [0.25, 0.3) is 0 Å². The molecule has 3 heteroatoms. The van der Waals surface area contributed by atoms with Crippen molar-refractivity contribution in [1.29, 1.82) is 0 Å². The Morgan fingerprint density at radius 2 is 2.00 bits per heavy atom. The summed E-state index contributed by atoms with van der Waals surface area (Å²) < 4.78 is 0. The monoisotopic (exact) mass is 275 g/mol. The Balaban J connectivity index is 1.94. The number of hydrogen-bond donors (Lipinski definition) is 1. The number of nitrogens with two attached hydrogens (primary N) is 1. The van der Waals surface area contributed by atoms with Crippen molar-refractivity contribution in [3.63, 3.8) is 0 Å². The van der Waals surface area contributed by atoms with Crippen LogP contribution in [0.15, 0.2) is 18.2 Å². The van der Waals surface area contributed by atoms with Gasteiger partial charge in [0.05, 0.1) is 0 Å². The Morgan fingerprint density at radius 1 is 1.25 bits per heavy atom. The van der Waals surface area contributed by atoms with E-state index in [-0.39, 0.29) is 6.04 Å². The fraction of sp³-hybridized carbons (Fsp3) is 0.647. The highest BCUT2D eigenvalue weighted by Gasteiger charge is 2.23. The number of piperazine rings is 1. The summed E-state index contributed by atoms with van der Waals surface area (Å²) in [4.78, 5) is 5.05. The molecule has 0 spiro atoms. The van der Waals surface area contributed by atoms with Crippen LogP contribution >= 0.6 is 0 Å². The van der Waals surface area contributed by atoms with Crippen LogP contribution in [-0.2, 0) is 0 Å². The molecule has 2 N–H and O–H groups in total. The van der Waals surface area contributed by atoms with Crippen molar-refractivity contribution < 1.29 is 0 Å². The van der Waals surface area contributed by atoms with Gasteiger partial charge in [0, 0.05) is 38.3 Å². The van der Waals surface area contributed by atoms with Crippen molar-refractivity contribution in [3.05, 3.63) is 34.9 Å². The lowest BCUT2D eigenvalue weighted by Crippen LogP contribution is -2.52. The molecule has 0 radical (unpaired) electrons. The zero-order chi connectivity index (χ0) is 14.7. The minimum absolute atomic E-state index is 0.120. The molecule has 0 bridgehead atoms. The van der Waals surface area contributed by atoms with Gasteiger partial charge in [0.25, 0.3) is 0 Å². The molecule has 2 rings (SSSR count). The first-order chi connectivity index (χ1) is 9.51. The summed E-state index contributed by atoms with van der Waals surface area (Å²) >= 11 is 0. The van der Waals surface area contributed by atoms with Crippen LogP contribution in [0.2, 0.25) is 0 Å². The number of hydrogen-bond acceptors (Lipinski definition) is 3. The Labute approximate surface area is 123 Å². The number of aryl methyl sites for hydroxylation is 2. The van der Waals surface area contributed by atoms with Crippen molar-refractivity contribution in [2.75, 3.05) is 32.7 Å². The van der Waals surface area contributed by atoms with Gasteiger partial charge in [0.1, 0.15) is 0 Å². The zero-order valence-electron chi connectivity index (χ0n) is 13.4. The van der Waals surface area contributed by atoms with Crippen molar-refractivity contribution in [3.8, 4) is 0 Å². The molecule has 0 saturated carbocycles. The second-order valence-electron chi connectivity index (χ2n) is 6.19. The molecule has 2 unspecified atom stereocenters. The maximum absolute atomic E-state index is 6.40. The van der Waals surface area contributed by atoms with Crippen molar-refractivity contribution >= 4 is 0 Å². The second kappa shape index (κ2) is 6.70. The Hall–Kier alpha value is -0.900. The number of benzene rings is 1. The molecule has 1 heterocycles.